The second-order valence-electron chi connectivity index (χ2n) is 4.57. The molecule has 2 rings (SSSR count). The molecule has 0 atom stereocenters. The number of hydrogen-bond donors (Lipinski definition) is 1. The van der Waals surface area contributed by atoms with Crippen LogP contribution in [0.25, 0.3) is 0 Å². The minimum atomic E-state index is -0.643. The largest absolute Gasteiger partial charge is 0.334 e. The molecule has 1 aliphatic carbocycles. The van der Waals surface area contributed by atoms with Crippen LogP contribution < -0.4 is 5.32 Å². The van der Waals surface area contributed by atoms with Gasteiger partial charge in [-0.25, -0.2) is 0 Å². The van der Waals surface area contributed by atoms with Crippen LogP contribution in [0.3, 0.4) is 0 Å². The Balaban J connectivity index is 2.09. The van der Waals surface area contributed by atoms with Crippen LogP contribution in [0.5, 0.6) is 0 Å². The molecule has 1 N–H and O–H groups in total. The Bertz CT molecular complexity index is 411. The molecule has 0 bridgehead atoms. The summed E-state index contributed by atoms with van der Waals surface area (Å²) in [4.78, 5) is 12.0. The SMILES string of the molecule is N#CC1(NC(=O)c2ccsc2)CCCCCC1. The van der Waals surface area contributed by atoms with Crippen molar-refractivity contribution in [3.63, 3.8) is 0 Å². The van der Waals surface area contributed by atoms with Gasteiger partial charge in [0.25, 0.3) is 5.91 Å². The lowest BCUT2D eigenvalue weighted by Crippen LogP contribution is -2.46. The van der Waals surface area contributed by atoms with Gasteiger partial charge in [0.15, 0.2) is 0 Å². The van der Waals surface area contributed by atoms with E-state index < -0.39 is 5.54 Å². The average Bonchev–Trinajstić information content (AvgIpc) is 2.78. The molecule has 1 aliphatic rings. The molecule has 0 aliphatic heterocycles. The molecule has 0 unspecified atom stereocenters. The zero-order valence-corrected chi connectivity index (χ0v) is 10.6. The summed E-state index contributed by atoms with van der Waals surface area (Å²) >= 11 is 1.50. The molecule has 1 saturated carbocycles. The van der Waals surface area contributed by atoms with Crippen LogP contribution in [0.2, 0.25) is 0 Å². The van der Waals surface area contributed by atoms with Crippen LogP contribution in [-0.4, -0.2) is 11.4 Å². The second kappa shape index (κ2) is 5.33. The molecule has 0 saturated heterocycles. The smallest absolute Gasteiger partial charge is 0.253 e. The quantitative estimate of drug-likeness (QED) is 0.818. The molecule has 1 fully saturated rings. The van der Waals surface area contributed by atoms with Gasteiger partial charge in [-0.05, 0) is 24.3 Å². The van der Waals surface area contributed by atoms with Crippen LogP contribution in [0.1, 0.15) is 48.9 Å². The molecule has 0 spiro atoms. The Kier molecular flexibility index (Phi) is 3.80. The molecule has 1 aromatic rings. The number of amides is 1. The van der Waals surface area contributed by atoms with Crippen molar-refractivity contribution in [3.8, 4) is 6.07 Å². The number of nitrogens with zero attached hydrogens (tertiary/aromatic N) is 1. The van der Waals surface area contributed by atoms with Gasteiger partial charge >= 0.3 is 0 Å². The normalized spacial score (nSPS) is 19.0. The van der Waals surface area contributed by atoms with Gasteiger partial charge in [-0.2, -0.15) is 16.6 Å². The van der Waals surface area contributed by atoms with Crippen LogP contribution in [0.15, 0.2) is 16.8 Å². The number of carbonyl (C=O) groups is 1. The summed E-state index contributed by atoms with van der Waals surface area (Å²) in [7, 11) is 0. The molecule has 3 nitrogen and oxygen atoms in total. The van der Waals surface area contributed by atoms with Crippen LogP contribution in [0.4, 0.5) is 0 Å². The summed E-state index contributed by atoms with van der Waals surface area (Å²) < 4.78 is 0. The monoisotopic (exact) mass is 248 g/mol. The molecule has 1 heterocycles. The van der Waals surface area contributed by atoms with E-state index in [0.717, 1.165) is 38.5 Å². The molecule has 1 aromatic heterocycles. The third kappa shape index (κ3) is 2.86. The fraction of sp³-hybridized carbons (Fsp3) is 0.538. The first-order valence-electron chi connectivity index (χ1n) is 6.02. The van der Waals surface area contributed by atoms with Gasteiger partial charge in [0.1, 0.15) is 5.54 Å². The Morgan fingerprint density at radius 1 is 1.35 bits per heavy atom. The second-order valence-corrected chi connectivity index (χ2v) is 5.35. The fourth-order valence-corrected chi connectivity index (χ4v) is 2.92. The minimum Gasteiger partial charge on any atom is -0.334 e. The molecule has 17 heavy (non-hydrogen) atoms. The molecular formula is C13H16N2OS. The highest BCUT2D eigenvalue weighted by molar-refractivity contribution is 7.08. The van der Waals surface area contributed by atoms with Crippen molar-refractivity contribution >= 4 is 17.2 Å². The predicted molar refractivity (Wildman–Crippen MR) is 67.8 cm³/mol. The van der Waals surface area contributed by atoms with Crippen molar-refractivity contribution in [2.24, 2.45) is 0 Å². The molecular weight excluding hydrogens is 232 g/mol. The van der Waals surface area contributed by atoms with Gasteiger partial charge in [0.05, 0.1) is 11.6 Å². The molecule has 1 amide bonds. The van der Waals surface area contributed by atoms with Crippen molar-refractivity contribution in [2.75, 3.05) is 0 Å². The van der Waals surface area contributed by atoms with E-state index in [-0.39, 0.29) is 5.91 Å². The number of nitrogens with one attached hydrogen (secondary N) is 1. The maximum absolute atomic E-state index is 12.0. The zero-order chi connectivity index (χ0) is 12.1. The van der Waals surface area contributed by atoms with Gasteiger partial charge in [0, 0.05) is 5.38 Å². The summed E-state index contributed by atoms with van der Waals surface area (Å²) in [5.41, 5.74) is 0.0177. The van der Waals surface area contributed by atoms with Gasteiger partial charge < -0.3 is 5.32 Å². The van der Waals surface area contributed by atoms with E-state index >= 15 is 0 Å². The minimum absolute atomic E-state index is 0.116. The summed E-state index contributed by atoms with van der Waals surface area (Å²) in [5, 5.41) is 16.0. The van der Waals surface area contributed by atoms with Gasteiger partial charge in [0.2, 0.25) is 0 Å². The lowest BCUT2D eigenvalue weighted by Gasteiger charge is -2.26. The van der Waals surface area contributed by atoms with Gasteiger partial charge in [-0.3, -0.25) is 4.79 Å². The number of nitriles is 1. The Labute approximate surface area is 105 Å². The lowest BCUT2D eigenvalue weighted by molar-refractivity contribution is 0.0913. The maximum atomic E-state index is 12.0. The van der Waals surface area contributed by atoms with E-state index in [1.165, 1.54) is 11.3 Å². The van der Waals surface area contributed by atoms with Crippen LogP contribution in [0, 0.1) is 11.3 Å². The van der Waals surface area contributed by atoms with Crippen molar-refractivity contribution in [2.45, 2.75) is 44.1 Å². The highest BCUT2D eigenvalue weighted by atomic mass is 32.1. The Hall–Kier alpha value is -1.34. The summed E-state index contributed by atoms with van der Waals surface area (Å²) in [6.07, 6.45) is 5.93. The number of thiophene rings is 1. The van der Waals surface area contributed by atoms with Crippen molar-refractivity contribution in [1.82, 2.24) is 5.32 Å². The van der Waals surface area contributed by atoms with Crippen molar-refractivity contribution in [1.29, 1.82) is 5.26 Å². The van der Waals surface area contributed by atoms with E-state index in [4.69, 9.17) is 0 Å². The molecule has 90 valence electrons. The van der Waals surface area contributed by atoms with Crippen molar-refractivity contribution in [3.05, 3.63) is 22.4 Å². The lowest BCUT2D eigenvalue weighted by atomic mass is 9.91. The average molecular weight is 248 g/mol. The summed E-state index contributed by atoms with van der Waals surface area (Å²) in [6.45, 7) is 0. The maximum Gasteiger partial charge on any atom is 0.253 e. The van der Waals surface area contributed by atoms with Crippen molar-refractivity contribution < 1.29 is 4.79 Å². The van der Waals surface area contributed by atoms with Crippen LogP contribution in [-0.2, 0) is 0 Å². The predicted octanol–water partition coefficient (Wildman–Crippen LogP) is 3.09. The van der Waals surface area contributed by atoms with E-state index in [0.29, 0.717) is 5.56 Å². The first kappa shape index (κ1) is 12.1. The fourth-order valence-electron chi connectivity index (χ4n) is 2.28. The standard InChI is InChI=1S/C13H16N2OS/c14-10-13(6-3-1-2-4-7-13)15-12(16)11-5-8-17-9-11/h5,8-9H,1-4,6-7H2,(H,15,16). The Morgan fingerprint density at radius 3 is 2.59 bits per heavy atom. The van der Waals surface area contributed by atoms with Gasteiger partial charge in [-0.1, -0.05) is 25.7 Å². The highest BCUT2D eigenvalue weighted by Crippen LogP contribution is 2.27. The van der Waals surface area contributed by atoms with Crippen LogP contribution >= 0.6 is 11.3 Å². The zero-order valence-electron chi connectivity index (χ0n) is 9.74. The topological polar surface area (TPSA) is 52.9 Å². The van der Waals surface area contributed by atoms with E-state index in [2.05, 4.69) is 11.4 Å². The number of hydrogen-bond acceptors (Lipinski definition) is 3. The Morgan fingerprint density at radius 2 is 2.06 bits per heavy atom. The number of rotatable bonds is 2. The van der Waals surface area contributed by atoms with E-state index in [1.807, 2.05) is 10.8 Å². The highest BCUT2D eigenvalue weighted by Gasteiger charge is 2.32. The first-order chi connectivity index (χ1) is 8.26. The summed E-state index contributed by atoms with van der Waals surface area (Å²) in [5.74, 6) is -0.116. The molecule has 4 heteroatoms. The number of carbonyl (C=O) groups excluding carboxylic acids is 1. The molecule has 0 radical (unpaired) electrons. The third-order valence-electron chi connectivity index (χ3n) is 3.31. The third-order valence-corrected chi connectivity index (χ3v) is 3.99. The molecule has 0 aromatic carbocycles. The summed E-state index contributed by atoms with van der Waals surface area (Å²) in [6, 6.07) is 4.12. The van der Waals surface area contributed by atoms with E-state index in [1.54, 1.807) is 6.07 Å². The van der Waals surface area contributed by atoms with Gasteiger partial charge in [-0.15, -0.1) is 0 Å². The first-order valence-corrected chi connectivity index (χ1v) is 6.96. The van der Waals surface area contributed by atoms with E-state index in [9.17, 15) is 10.1 Å².